The van der Waals surface area contributed by atoms with E-state index in [-0.39, 0.29) is 0 Å². The van der Waals surface area contributed by atoms with E-state index in [9.17, 15) is 4.79 Å². The summed E-state index contributed by atoms with van der Waals surface area (Å²) in [6.45, 7) is 3.92. The zero-order valence-corrected chi connectivity index (χ0v) is 9.05. The quantitative estimate of drug-likeness (QED) is 0.498. The Balaban J connectivity index is 3.59. The summed E-state index contributed by atoms with van der Waals surface area (Å²) in [7, 11) is 0. The Morgan fingerprint density at radius 3 is 2.57 bits per heavy atom. The van der Waals surface area contributed by atoms with E-state index in [1.165, 1.54) is 0 Å². The molecular weight excluding hydrogens is 176 g/mol. The van der Waals surface area contributed by atoms with E-state index in [1.54, 1.807) is 0 Å². The Hall–Kier alpha value is -1.25. The lowest BCUT2D eigenvalue weighted by Gasteiger charge is -2.05. The first-order valence-corrected chi connectivity index (χ1v) is 5.03. The van der Waals surface area contributed by atoms with Gasteiger partial charge in [0.2, 0.25) is 0 Å². The van der Waals surface area contributed by atoms with E-state index in [2.05, 4.69) is 17.5 Å². The predicted molar refractivity (Wildman–Crippen MR) is 59.8 cm³/mol. The molecule has 0 saturated carbocycles. The second-order valence-corrected chi connectivity index (χ2v) is 3.12. The third-order valence-corrected chi connectivity index (χ3v) is 1.93. The van der Waals surface area contributed by atoms with E-state index >= 15 is 0 Å². The van der Waals surface area contributed by atoms with Crippen molar-refractivity contribution in [3.05, 3.63) is 23.9 Å². The maximum absolute atomic E-state index is 10.6. The summed E-state index contributed by atoms with van der Waals surface area (Å²) >= 11 is 0. The highest BCUT2D eigenvalue weighted by molar-refractivity contribution is 5.73. The molecule has 0 fully saturated rings. The van der Waals surface area contributed by atoms with E-state index in [1.807, 2.05) is 19.9 Å². The van der Waals surface area contributed by atoms with Crippen LogP contribution >= 0.6 is 0 Å². The molecule has 0 aromatic carbocycles. The molecule has 0 heterocycles. The van der Waals surface area contributed by atoms with Crippen LogP contribution in [0, 0.1) is 0 Å². The number of carbonyl (C=O) groups excluding carboxylic acids is 1. The second-order valence-electron chi connectivity index (χ2n) is 3.12. The molecule has 3 N–H and O–H groups in total. The first-order valence-electron chi connectivity index (χ1n) is 5.03. The van der Waals surface area contributed by atoms with Gasteiger partial charge in [-0.25, -0.2) is 4.79 Å². The normalized spacial score (nSPS) is 12.0. The summed E-state index contributed by atoms with van der Waals surface area (Å²) < 4.78 is 0. The third kappa shape index (κ3) is 7.40. The molecule has 0 aliphatic heterocycles. The SMILES string of the molecule is CC=CCCCCC(=CC)NC(N)=O. The van der Waals surface area contributed by atoms with E-state index in [0.717, 1.165) is 31.4 Å². The minimum atomic E-state index is -0.480. The molecule has 0 bridgehead atoms. The molecule has 0 unspecified atom stereocenters. The Morgan fingerprint density at radius 2 is 2.07 bits per heavy atom. The van der Waals surface area contributed by atoms with Crippen LogP contribution in [0.3, 0.4) is 0 Å². The highest BCUT2D eigenvalue weighted by atomic mass is 16.2. The van der Waals surface area contributed by atoms with E-state index in [4.69, 9.17) is 5.73 Å². The first-order chi connectivity index (χ1) is 6.70. The summed E-state index contributed by atoms with van der Waals surface area (Å²) in [5.74, 6) is 0. The number of carbonyl (C=O) groups is 1. The van der Waals surface area contributed by atoms with Gasteiger partial charge in [0.25, 0.3) is 0 Å². The fraction of sp³-hybridized carbons (Fsp3) is 0.545. The van der Waals surface area contributed by atoms with Crippen molar-refractivity contribution in [3.8, 4) is 0 Å². The van der Waals surface area contributed by atoms with Crippen LogP contribution in [0.2, 0.25) is 0 Å². The second kappa shape index (κ2) is 8.35. The fourth-order valence-electron chi connectivity index (χ4n) is 1.18. The standard InChI is InChI=1S/C11H20N2O/c1-3-5-6-7-8-9-10(4-2)13-11(12)14/h3-5H,6-9H2,1-2H3,(H3,12,13,14). The molecule has 0 saturated heterocycles. The molecule has 3 nitrogen and oxygen atoms in total. The Bertz CT molecular complexity index is 219. The van der Waals surface area contributed by atoms with Crippen LogP contribution in [0.1, 0.15) is 39.5 Å². The molecule has 3 heteroatoms. The molecular formula is C11H20N2O. The molecule has 80 valence electrons. The lowest BCUT2D eigenvalue weighted by molar-refractivity contribution is 0.251. The molecule has 0 aromatic rings. The van der Waals surface area contributed by atoms with Gasteiger partial charge in [-0.3, -0.25) is 0 Å². The number of nitrogens with one attached hydrogen (secondary N) is 1. The summed E-state index contributed by atoms with van der Waals surface area (Å²) in [6.07, 6.45) is 10.3. The number of amides is 2. The number of primary amides is 1. The molecule has 0 aromatic heterocycles. The van der Waals surface area contributed by atoms with Gasteiger partial charge in [0.05, 0.1) is 0 Å². The molecule has 0 spiro atoms. The topological polar surface area (TPSA) is 55.1 Å². The van der Waals surface area contributed by atoms with Crippen molar-refractivity contribution in [1.82, 2.24) is 5.32 Å². The number of rotatable bonds is 6. The highest BCUT2D eigenvalue weighted by Gasteiger charge is 1.98. The smallest absolute Gasteiger partial charge is 0.316 e. The van der Waals surface area contributed by atoms with Crippen molar-refractivity contribution in [2.45, 2.75) is 39.5 Å². The van der Waals surface area contributed by atoms with Crippen LogP contribution in [0.5, 0.6) is 0 Å². The fourth-order valence-corrected chi connectivity index (χ4v) is 1.18. The highest BCUT2D eigenvalue weighted by Crippen LogP contribution is 2.06. The molecule has 0 radical (unpaired) electrons. The van der Waals surface area contributed by atoms with Crippen LogP contribution in [-0.2, 0) is 0 Å². The summed E-state index contributed by atoms with van der Waals surface area (Å²) in [5.41, 5.74) is 5.93. The molecule has 14 heavy (non-hydrogen) atoms. The average Bonchev–Trinajstić information content (AvgIpc) is 2.15. The van der Waals surface area contributed by atoms with Gasteiger partial charge in [-0.05, 0) is 39.5 Å². The van der Waals surface area contributed by atoms with Crippen molar-refractivity contribution >= 4 is 6.03 Å². The van der Waals surface area contributed by atoms with E-state index < -0.39 is 6.03 Å². The number of nitrogens with two attached hydrogens (primary N) is 1. The maximum atomic E-state index is 10.6. The van der Waals surface area contributed by atoms with Crippen molar-refractivity contribution in [3.63, 3.8) is 0 Å². The van der Waals surface area contributed by atoms with Gasteiger partial charge in [0, 0.05) is 5.70 Å². The van der Waals surface area contributed by atoms with Crippen LogP contribution in [0.4, 0.5) is 4.79 Å². The van der Waals surface area contributed by atoms with Crippen LogP contribution in [-0.4, -0.2) is 6.03 Å². The predicted octanol–water partition coefficient (Wildman–Crippen LogP) is 2.69. The van der Waals surface area contributed by atoms with Crippen molar-refractivity contribution in [2.24, 2.45) is 5.73 Å². The van der Waals surface area contributed by atoms with Gasteiger partial charge in [0.1, 0.15) is 0 Å². The summed E-state index contributed by atoms with van der Waals surface area (Å²) in [4.78, 5) is 10.6. The molecule has 0 rings (SSSR count). The molecule has 0 aliphatic rings. The molecule has 2 amide bonds. The van der Waals surface area contributed by atoms with Crippen molar-refractivity contribution in [1.29, 1.82) is 0 Å². The van der Waals surface area contributed by atoms with Gasteiger partial charge in [-0.1, -0.05) is 18.2 Å². The monoisotopic (exact) mass is 196 g/mol. The van der Waals surface area contributed by atoms with Crippen molar-refractivity contribution < 1.29 is 4.79 Å². The van der Waals surface area contributed by atoms with Gasteiger partial charge < -0.3 is 11.1 Å². The Labute approximate surface area is 86.1 Å². The first kappa shape index (κ1) is 12.8. The minimum absolute atomic E-state index is 0.480. The molecule has 0 atom stereocenters. The Morgan fingerprint density at radius 1 is 1.36 bits per heavy atom. The average molecular weight is 196 g/mol. The van der Waals surface area contributed by atoms with E-state index in [0.29, 0.717) is 0 Å². The number of urea groups is 1. The van der Waals surface area contributed by atoms with Crippen LogP contribution in [0.15, 0.2) is 23.9 Å². The zero-order chi connectivity index (χ0) is 10.8. The summed E-state index contributed by atoms with van der Waals surface area (Å²) in [6, 6.07) is -0.480. The lowest BCUT2D eigenvalue weighted by Crippen LogP contribution is -2.28. The zero-order valence-electron chi connectivity index (χ0n) is 9.05. The lowest BCUT2D eigenvalue weighted by atomic mass is 10.1. The van der Waals surface area contributed by atoms with Gasteiger partial charge in [-0.2, -0.15) is 0 Å². The largest absolute Gasteiger partial charge is 0.351 e. The minimum Gasteiger partial charge on any atom is -0.351 e. The van der Waals surface area contributed by atoms with Gasteiger partial charge in [-0.15, -0.1) is 0 Å². The number of hydrogen-bond acceptors (Lipinski definition) is 1. The number of unbranched alkanes of at least 4 members (excludes halogenated alkanes) is 2. The third-order valence-electron chi connectivity index (χ3n) is 1.93. The van der Waals surface area contributed by atoms with Gasteiger partial charge >= 0.3 is 6.03 Å². The van der Waals surface area contributed by atoms with Gasteiger partial charge in [0.15, 0.2) is 0 Å². The Kier molecular flexibility index (Phi) is 7.61. The van der Waals surface area contributed by atoms with Crippen molar-refractivity contribution in [2.75, 3.05) is 0 Å². The van der Waals surface area contributed by atoms with Crippen LogP contribution < -0.4 is 11.1 Å². The summed E-state index contributed by atoms with van der Waals surface area (Å²) in [5, 5.41) is 2.60. The maximum Gasteiger partial charge on any atom is 0.316 e. The number of hydrogen-bond donors (Lipinski definition) is 2. The molecule has 0 aliphatic carbocycles. The number of allylic oxidation sites excluding steroid dienone is 4. The van der Waals surface area contributed by atoms with Crippen LogP contribution in [0.25, 0.3) is 0 Å².